The highest BCUT2D eigenvalue weighted by Crippen LogP contribution is 2.22. The lowest BCUT2D eigenvalue weighted by atomic mass is 9.97. The number of hydrogen-bond acceptors (Lipinski definition) is 5. The molecule has 0 aromatic carbocycles. The lowest BCUT2D eigenvalue weighted by Gasteiger charge is -2.29. The molecule has 0 aliphatic carbocycles. The van der Waals surface area contributed by atoms with Gasteiger partial charge in [-0.25, -0.2) is 0 Å². The Hall–Kier alpha value is -1.10. The molecule has 0 radical (unpaired) electrons. The fourth-order valence-electron chi connectivity index (χ4n) is 4.72. The van der Waals surface area contributed by atoms with Crippen molar-refractivity contribution >= 4 is 11.9 Å². The minimum atomic E-state index is -0.106. The average molecular weight is 468 g/mol. The molecule has 1 fully saturated rings. The van der Waals surface area contributed by atoms with Gasteiger partial charge in [0.25, 0.3) is 0 Å². The molecule has 194 valence electrons. The van der Waals surface area contributed by atoms with Gasteiger partial charge in [-0.15, -0.1) is 0 Å². The van der Waals surface area contributed by atoms with Crippen molar-refractivity contribution in [1.82, 2.24) is 4.90 Å². The van der Waals surface area contributed by atoms with E-state index in [2.05, 4.69) is 23.6 Å². The zero-order valence-electron chi connectivity index (χ0n) is 22.1. The zero-order valence-corrected chi connectivity index (χ0v) is 22.1. The number of piperidine rings is 1. The van der Waals surface area contributed by atoms with Crippen molar-refractivity contribution in [3.63, 3.8) is 0 Å². The largest absolute Gasteiger partial charge is 0.469 e. The Balaban J connectivity index is 2.25. The van der Waals surface area contributed by atoms with Crippen LogP contribution in [0, 0.1) is 5.92 Å². The van der Waals surface area contributed by atoms with Crippen molar-refractivity contribution < 1.29 is 19.1 Å². The zero-order chi connectivity index (χ0) is 24.2. The molecule has 0 bridgehead atoms. The van der Waals surface area contributed by atoms with Gasteiger partial charge in [0.1, 0.15) is 6.10 Å². The third-order valence-electron chi connectivity index (χ3n) is 7.10. The quantitative estimate of drug-likeness (QED) is 0.142. The van der Waals surface area contributed by atoms with E-state index in [1.54, 1.807) is 0 Å². The summed E-state index contributed by atoms with van der Waals surface area (Å²) >= 11 is 0. The molecule has 0 aromatic heterocycles. The number of carbonyl (C=O) groups excluding carboxylic acids is 2. The van der Waals surface area contributed by atoms with Gasteiger partial charge in [-0.05, 0) is 65.1 Å². The van der Waals surface area contributed by atoms with E-state index in [9.17, 15) is 9.59 Å². The van der Waals surface area contributed by atoms with Crippen molar-refractivity contribution in [3.8, 4) is 0 Å². The number of hydrogen-bond donors (Lipinski definition) is 0. The van der Waals surface area contributed by atoms with Gasteiger partial charge in [-0.3, -0.25) is 9.59 Å². The molecule has 0 amide bonds. The van der Waals surface area contributed by atoms with Crippen LogP contribution in [0.25, 0.3) is 0 Å². The first-order valence-electron chi connectivity index (χ1n) is 14.0. The van der Waals surface area contributed by atoms with Crippen LogP contribution in [0.5, 0.6) is 0 Å². The number of methoxy groups -OCH3 is 1. The van der Waals surface area contributed by atoms with Gasteiger partial charge < -0.3 is 14.4 Å². The Kier molecular flexibility index (Phi) is 18.4. The van der Waals surface area contributed by atoms with Gasteiger partial charge in [-0.2, -0.15) is 0 Å². The van der Waals surface area contributed by atoms with E-state index in [0.717, 1.165) is 64.5 Å². The monoisotopic (exact) mass is 467 g/mol. The van der Waals surface area contributed by atoms with Crippen LogP contribution in [-0.4, -0.2) is 50.2 Å². The van der Waals surface area contributed by atoms with Crippen molar-refractivity contribution in [2.75, 3.05) is 27.2 Å². The van der Waals surface area contributed by atoms with Gasteiger partial charge in [-0.1, -0.05) is 77.6 Å². The lowest BCUT2D eigenvalue weighted by Crippen LogP contribution is -2.35. The first kappa shape index (κ1) is 29.9. The molecular weight excluding hydrogens is 414 g/mol. The van der Waals surface area contributed by atoms with Crippen molar-refractivity contribution in [1.29, 1.82) is 0 Å². The van der Waals surface area contributed by atoms with E-state index in [4.69, 9.17) is 4.74 Å². The Bertz CT molecular complexity index is 488. The topological polar surface area (TPSA) is 55.8 Å². The fraction of sp³-hybridized carbons (Fsp3) is 0.929. The summed E-state index contributed by atoms with van der Waals surface area (Å²) < 4.78 is 10.7. The minimum Gasteiger partial charge on any atom is -0.469 e. The molecule has 1 unspecified atom stereocenters. The standard InChI is InChI=1S/C28H53NO4/c1-4-5-6-7-8-9-12-15-18-26(33-28(31)25-21-23-29(2)24-22-25)19-16-13-10-11-14-17-20-27(30)32-3/h25-26H,4-24H2,1-3H3. The molecule has 5 nitrogen and oxygen atoms in total. The number of ether oxygens (including phenoxy) is 2. The van der Waals surface area contributed by atoms with E-state index >= 15 is 0 Å². The van der Waals surface area contributed by atoms with Gasteiger partial charge in [0.05, 0.1) is 13.0 Å². The third-order valence-corrected chi connectivity index (χ3v) is 7.10. The Labute approximate surface area is 204 Å². The molecule has 5 heteroatoms. The van der Waals surface area contributed by atoms with Crippen LogP contribution in [0.2, 0.25) is 0 Å². The maximum atomic E-state index is 12.8. The minimum absolute atomic E-state index is 0.0514. The molecule has 1 aliphatic rings. The molecule has 1 saturated heterocycles. The molecule has 33 heavy (non-hydrogen) atoms. The summed E-state index contributed by atoms with van der Waals surface area (Å²) in [6.45, 7) is 4.26. The molecule has 0 spiro atoms. The van der Waals surface area contributed by atoms with Crippen LogP contribution in [0.15, 0.2) is 0 Å². The summed E-state index contributed by atoms with van der Waals surface area (Å²) in [5, 5.41) is 0. The molecule has 0 saturated carbocycles. The van der Waals surface area contributed by atoms with Gasteiger partial charge in [0.2, 0.25) is 0 Å². The highest BCUT2D eigenvalue weighted by atomic mass is 16.5. The Morgan fingerprint density at radius 1 is 0.788 bits per heavy atom. The summed E-state index contributed by atoms with van der Waals surface area (Å²) in [6.07, 6.45) is 21.7. The number of carbonyl (C=O) groups is 2. The predicted molar refractivity (Wildman–Crippen MR) is 136 cm³/mol. The second-order valence-electron chi connectivity index (χ2n) is 10.1. The molecular formula is C28H53NO4. The van der Waals surface area contributed by atoms with Crippen molar-refractivity contribution in [2.45, 2.75) is 135 Å². The highest BCUT2D eigenvalue weighted by molar-refractivity contribution is 5.72. The van der Waals surface area contributed by atoms with E-state index in [0.29, 0.717) is 6.42 Å². The number of esters is 2. The van der Waals surface area contributed by atoms with Gasteiger partial charge in [0, 0.05) is 6.42 Å². The third kappa shape index (κ3) is 16.2. The summed E-state index contributed by atoms with van der Waals surface area (Å²) in [4.78, 5) is 26.2. The Morgan fingerprint density at radius 2 is 1.27 bits per heavy atom. The first-order valence-corrected chi connectivity index (χ1v) is 14.0. The summed E-state index contributed by atoms with van der Waals surface area (Å²) in [7, 11) is 3.58. The van der Waals surface area contributed by atoms with E-state index in [-0.39, 0.29) is 24.0 Å². The number of rotatable bonds is 20. The SMILES string of the molecule is CCCCCCCCCCC(CCCCCCCCC(=O)OC)OC(=O)C1CCN(C)CC1. The molecule has 0 aromatic rings. The van der Waals surface area contributed by atoms with Gasteiger partial charge >= 0.3 is 11.9 Å². The van der Waals surface area contributed by atoms with Crippen LogP contribution < -0.4 is 0 Å². The second-order valence-corrected chi connectivity index (χ2v) is 10.1. The van der Waals surface area contributed by atoms with Crippen LogP contribution in [0.1, 0.15) is 129 Å². The van der Waals surface area contributed by atoms with Gasteiger partial charge in [0.15, 0.2) is 0 Å². The number of likely N-dealkylation sites (tertiary alicyclic amines) is 1. The average Bonchev–Trinajstić information content (AvgIpc) is 2.82. The summed E-state index contributed by atoms with van der Waals surface area (Å²) in [6, 6.07) is 0. The van der Waals surface area contributed by atoms with Crippen LogP contribution in [-0.2, 0) is 19.1 Å². The van der Waals surface area contributed by atoms with E-state index < -0.39 is 0 Å². The molecule has 1 rings (SSSR count). The molecule has 0 N–H and O–H groups in total. The Morgan fingerprint density at radius 3 is 1.79 bits per heavy atom. The van der Waals surface area contributed by atoms with E-state index in [1.165, 1.54) is 71.3 Å². The highest BCUT2D eigenvalue weighted by Gasteiger charge is 2.26. The summed E-state index contributed by atoms with van der Waals surface area (Å²) in [5.74, 6) is 0.0396. The van der Waals surface area contributed by atoms with Crippen LogP contribution in [0.4, 0.5) is 0 Å². The van der Waals surface area contributed by atoms with E-state index in [1.807, 2.05) is 0 Å². The first-order chi connectivity index (χ1) is 16.1. The molecule has 1 heterocycles. The van der Waals surface area contributed by atoms with Crippen LogP contribution >= 0.6 is 0 Å². The number of nitrogens with zero attached hydrogens (tertiary/aromatic N) is 1. The normalized spacial score (nSPS) is 16.0. The maximum absolute atomic E-state index is 12.8. The smallest absolute Gasteiger partial charge is 0.309 e. The maximum Gasteiger partial charge on any atom is 0.309 e. The van der Waals surface area contributed by atoms with Crippen LogP contribution in [0.3, 0.4) is 0 Å². The number of unbranched alkanes of at least 4 members (excludes halogenated alkanes) is 12. The van der Waals surface area contributed by atoms with Crippen molar-refractivity contribution in [2.24, 2.45) is 5.92 Å². The fourth-order valence-corrected chi connectivity index (χ4v) is 4.72. The molecule has 1 atom stereocenters. The molecule has 1 aliphatic heterocycles. The summed E-state index contributed by atoms with van der Waals surface area (Å²) in [5.41, 5.74) is 0. The predicted octanol–water partition coefficient (Wildman–Crippen LogP) is 7.06. The lowest BCUT2D eigenvalue weighted by molar-refractivity contribution is -0.156. The second kappa shape index (κ2) is 20.3. The van der Waals surface area contributed by atoms with Crippen molar-refractivity contribution in [3.05, 3.63) is 0 Å².